The van der Waals surface area contributed by atoms with Gasteiger partial charge in [-0.3, -0.25) is 0 Å². The third kappa shape index (κ3) is 6.04. The number of para-hydroxylation sites is 3. The first-order valence-electron chi connectivity index (χ1n) is 19.2. The van der Waals surface area contributed by atoms with Crippen LogP contribution in [0.3, 0.4) is 0 Å². The van der Waals surface area contributed by atoms with Crippen LogP contribution in [0.4, 0.5) is 17.1 Å². The first-order valence-corrected chi connectivity index (χ1v) is 19.2. The molecule has 0 fully saturated rings. The zero-order valence-electron chi connectivity index (χ0n) is 30.8. The summed E-state index contributed by atoms with van der Waals surface area (Å²) in [6.07, 6.45) is 0. The third-order valence-electron chi connectivity index (χ3n) is 10.8. The SMILES string of the molecule is c1ccc(-c2ccc(N(c3ccc(-c4ccccc4)cc3)c3ccc(-c4ccccc4-n4c5ccccc5c5cccc(-c6ccccc6)c54)cc3)cc2)cc1. The molecule has 0 spiro atoms. The van der Waals surface area contributed by atoms with Crippen LogP contribution in [-0.2, 0) is 0 Å². The fourth-order valence-electron chi connectivity index (χ4n) is 8.14. The molecule has 0 bridgehead atoms. The quantitative estimate of drug-likeness (QED) is 0.152. The lowest BCUT2D eigenvalue weighted by atomic mass is 10.0. The van der Waals surface area contributed by atoms with Gasteiger partial charge in [-0.15, -0.1) is 0 Å². The van der Waals surface area contributed by atoms with E-state index in [0.29, 0.717) is 0 Å². The largest absolute Gasteiger partial charge is 0.311 e. The molecule has 0 amide bonds. The minimum absolute atomic E-state index is 1.09. The van der Waals surface area contributed by atoms with E-state index in [1.54, 1.807) is 0 Å². The molecule has 1 heterocycles. The summed E-state index contributed by atoms with van der Waals surface area (Å²) in [6, 6.07) is 82.9. The number of rotatable bonds is 8. The van der Waals surface area contributed by atoms with Gasteiger partial charge in [0.15, 0.2) is 0 Å². The lowest BCUT2D eigenvalue weighted by Gasteiger charge is -2.26. The molecule has 2 nitrogen and oxygen atoms in total. The first-order chi connectivity index (χ1) is 27.8. The smallest absolute Gasteiger partial charge is 0.0619 e. The van der Waals surface area contributed by atoms with Crippen LogP contribution in [0.5, 0.6) is 0 Å². The third-order valence-corrected chi connectivity index (χ3v) is 10.8. The molecule has 0 saturated carbocycles. The van der Waals surface area contributed by atoms with Gasteiger partial charge in [-0.2, -0.15) is 0 Å². The fraction of sp³-hybridized carbons (Fsp3) is 0. The number of aromatic nitrogens is 1. The van der Waals surface area contributed by atoms with Crippen LogP contribution in [-0.4, -0.2) is 4.57 Å². The Kier molecular flexibility index (Phi) is 8.55. The zero-order chi connectivity index (χ0) is 37.3. The van der Waals surface area contributed by atoms with E-state index >= 15 is 0 Å². The Bertz CT molecular complexity index is 2830. The van der Waals surface area contributed by atoms with Crippen molar-refractivity contribution < 1.29 is 0 Å². The molecule has 2 heteroatoms. The minimum atomic E-state index is 1.09. The summed E-state index contributed by atoms with van der Waals surface area (Å²) in [6.45, 7) is 0. The van der Waals surface area contributed by atoms with Gasteiger partial charge in [0.2, 0.25) is 0 Å². The Labute approximate surface area is 327 Å². The molecule has 0 aliphatic carbocycles. The summed E-state index contributed by atoms with van der Waals surface area (Å²) in [5, 5.41) is 2.50. The van der Waals surface area contributed by atoms with Crippen LogP contribution in [0.25, 0.3) is 72.0 Å². The van der Waals surface area contributed by atoms with Gasteiger partial charge < -0.3 is 9.47 Å². The molecular weight excluding hydrogens is 677 g/mol. The van der Waals surface area contributed by atoms with Crippen molar-refractivity contribution in [3.63, 3.8) is 0 Å². The highest BCUT2D eigenvalue weighted by Crippen LogP contribution is 2.42. The van der Waals surface area contributed by atoms with Crippen LogP contribution < -0.4 is 4.90 Å². The van der Waals surface area contributed by atoms with Gasteiger partial charge in [0.05, 0.1) is 16.7 Å². The standard InChI is InChI=1S/C54H38N2/c1-4-15-39(16-5-1)41-27-33-45(34-28-41)55(46-35-29-42(30-36-46)40-17-6-2-7-18-40)47-37-31-44(32-38-47)48-21-10-12-25-52(48)56-53-26-13-11-22-50(53)51-24-14-23-49(54(51)56)43-19-8-3-9-20-43/h1-38H. The molecule has 264 valence electrons. The highest BCUT2D eigenvalue weighted by atomic mass is 15.1. The second kappa shape index (κ2) is 14.4. The Morgan fingerprint density at radius 1 is 0.268 bits per heavy atom. The van der Waals surface area contributed by atoms with E-state index in [-0.39, 0.29) is 0 Å². The average Bonchev–Trinajstić information content (AvgIpc) is 3.63. The van der Waals surface area contributed by atoms with Gasteiger partial charge in [-0.1, -0.05) is 182 Å². The van der Waals surface area contributed by atoms with E-state index < -0.39 is 0 Å². The lowest BCUT2D eigenvalue weighted by molar-refractivity contribution is 1.18. The van der Waals surface area contributed by atoms with Gasteiger partial charge in [0.25, 0.3) is 0 Å². The number of fused-ring (bicyclic) bond motifs is 3. The van der Waals surface area contributed by atoms with E-state index in [9.17, 15) is 0 Å². The van der Waals surface area contributed by atoms with Crippen molar-refractivity contribution in [3.05, 3.63) is 231 Å². The highest BCUT2D eigenvalue weighted by Gasteiger charge is 2.19. The van der Waals surface area contributed by atoms with Gasteiger partial charge in [0.1, 0.15) is 0 Å². The molecule has 10 rings (SSSR count). The van der Waals surface area contributed by atoms with Crippen molar-refractivity contribution in [3.8, 4) is 50.2 Å². The maximum atomic E-state index is 2.46. The number of benzene rings is 9. The van der Waals surface area contributed by atoms with Crippen LogP contribution >= 0.6 is 0 Å². The Morgan fingerprint density at radius 2 is 0.661 bits per heavy atom. The van der Waals surface area contributed by atoms with Crippen LogP contribution in [0.1, 0.15) is 0 Å². The molecular formula is C54H38N2. The lowest BCUT2D eigenvalue weighted by Crippen LogP contribution is -2.09. The zero-order valence-corrected chi connectivity index (χ0v) is 30.8. The Balaban J connectivity index is 1.08. The van der Waals surface area contributed by atoms with Crippen molar-refractivity contribution in [2.45, 2.75) is 0 Å². The number of nitrogens with zero attached hydrogens (tertiary/aromatic N) is 2. The van der Waals surface area contributed by atoms with E-state index in [1.165, 1.54) is 60.8 Å². The fourth-order valence-corrected chi connectivity index (χ4v) is 8.14. The van der Waals surface area contributed by atoms with Crippen molar-refractivity contribution in [2.75, 3.05) is 4.90 Å². The van der Waals surface area contributed by atoms with Crippen molar-refractivity contribution >= 4 is 38.9 Å². The molecule has 56 heavy (non-hydrogen) atoms. The van der Waals surface area contributed by atoms with Gasteiger partial charge >= 0.3 is 0 Å². The molecule has 0 radical (unpaired) electrons. The minimum Gasteiger partial charge on any atom is -0.311 e. The number of hydrogen-bond donors (Lipinski definition) is 0. The molecule has 0 aliphatic heterocycles. The summed E-state index contributed by atoms with van der Waals surface area (Å²) in [5.41, 5.74) is 16.4. The summed E-state index contributed by atoms with van der Waals surface area (Å²) in [4.78, 5) is 2.35. The maximum absolute atomic E-state index is 2.46. The Morgan fingerprint density at radius 3 is 1.23 bits per heavy atom. The molecule has 1 aromatic heterocycles. The van der Waals surface area contributed by atoms with E-state index in [1.807, 2.05) is 0 Å². The number of anilines is 3. The summed E-state index contributed by atoms with van der Waals surface area (Å²) in [5.74, 6) is 0. The topological polar surface area (TPSA) is 8.17 Å². The normalized spacial score (nSPS) is 11.2. The summed E-state index contributed by atoms with van der Waals surface area (Å²) in [7, 11) is 0. The first kappa shape index (κ1) is 33.2. The van der Waals surface area contributed by atoms with Crippen molar-refractivity contribution in [2.24, 2.45) is 0 Å². The van der Waals surface area contributed by atoms with Gasteiger partial charge in [-0.05, 0) is 81.9 Å². The second-order valence-corrected chi connectivity index (χ2v) is 14.1. The molecule has 0 atom stereocenters. The van der Waals surface area contributed by atoms with E-state index in [4.69, 9.17) is 0 Å². The van der Waals surface area contributed by atoms with Crippen molar-refractivity contribution in [1.29, 1.82) is 0 Å². The molecule has 0 saturated heterocycles. The maximum Gasteiger partial charge on any atom is 0.0619 e. The summed E-state index contributed by atoms with van der Waals surface area (Å²) < 4.78 is 2.46. The van der Waals surface area contributed by atoms with Crippen LogP contribution in [0.2, 0.25) is 0 Å². The van der Waals surface area contributed by atoms with E-state index in [0.717, 1.165) is 28.3 Å². The van der Waals surface area contributed by atoms with Crippen LogP contribution in [0, 0.1) is 0 Å². The monoisotopic (exact) mass is 714 g/mol. The summed E-state index contributed by atoms with van der Waals surface area (Å²) >= 11 is 0. The van der Waals surface area contributed by atoms with Crippen LogP contribution in [0.15, 0.2) is 231 Å². The average molecular weight is 715 g/mol. The second-order valence-electron chi connectivity index (χ2n) is 14.1. The van der Waals surface area contributed by atoms with Crippen molar-refractivity contribution in [1.82, 2.24) is 4.57 Å². The number of hydrogen-bond acceptors (Lipinski definition) is 1. The molecule has 0 unspecified atom stereocenters. The highest BCUT2D eigenvalue weighted by molar-refractivity contribution is 6.14. The van der Waals surface area contributed by atoms with E-state index in [2.05, 4.69) is 240 Å². The van der Waals surface area contributed by atoms with Gasteiger partial charge in [0, 0.05) is 39.0 Å². The molecule has 0 N–H and O–H groups in total. The molecule has 9 aromatic carbocycles. The molecule has 0 aliphatic rings. The predicted octanol–water partition coefficient (Wildman–Crippen LogP) is 14.9. The molecule has 10 aromatic rings. The van der Waals surface area contributed by atoms with Gasteiger partial charge in [-0.25, -0.2) is 0 Å². The predicted molar refractivity (Wildman–Crippen MR) is 237 cm³/mol. The Hall–Kier alpha value is -7.42.